The number of likely N-dealkylation sites (tertiary alicyclic amines) is 1. The molecule has 2 atom stereocenters. The van der Waals surface area contributed by atoms with E-state index in [1.807, 2.05) is 11.7 Å². The van der Waals surface area contributed by atoms with E-state index in [0.717, 1.165) is 12.6 Å². The van der Waals surface area contributed by atoms with E-state index in [2.05, 4.69) is 23.1 Å². The van der Waals surface area contributed by atoms with Crippen molar-refractivity contribution in [3.05, 3.63) is 17.5 Å². The predicted molar refractivity (Wildman–Crippen MR) is 76.8 cm³/mol. The van der Waals surface area contributed by atoms with Crippen LogP contribution in [0.25, 0.3) is 0 Å². The average Bonchev–Trinajstić information content (AvgIpc) is 3.17. The molecule has 0 spiro atoms. The van der Waals surface area contributed by atoms with E-state index in [1.54, 1.807) is 0 Å². The summed E-state index contributed by atoms with van der Waals surface area (Å²) in [5.41, 5.74) is 8.67. The molecule has 2 aliphatic rings. The molecule has 1 aliphatic carbocycles. The topological polar surface area (TPSA) is 47.1 Å². The number of hydrogen-bond acceptors (Lipinski definition) is 3. The van der Waals surface area contributed by atoms with Crippen LogP contribution in [0.3, 0.4) is 0 Å². The maximum Gasteiger partial charge on any atom is 0.0641 e. The number of nitrogens with two attached hydrogens (primary N) is 1. The number of hydrogen-bond donors (Lipinski definition) is 1. The van der Waals surface area contributed by atoms with Gasteiger partial charge in [0.15, 0.2) is 0 Å². The highest BCUT2D eigenvalue weighted by Gasteiger charge is 2.39. The van der Waals surface area contributed by atoms with Crippen LogP contribution in [0.4, 0.5) is 0 Å². The molecule has 0 amide bonds. The largest absolute Gasteiger partial charge is 0.330 e. The molecule has 2 fully saturated rings. The number of nitrogens with zero attached hydrogens (tertiary/aromatic N) is 3. The average molecular weight is 262 g/mol. The van der Waals surface area contributed by atoms with Gasteiger partial charge in [-0.05, 0) is 51.6 Å². The lowest BCUT2D eigenvalue weighted by Gasteiger charge is -2.34. The summed E-state index contributed by atoms with van der Waals surface area (Å²) in [6.45, 7) is 4.17. The Balaban J connectivity index is 1.96. The van der Waals surface area contributed by atoms with Gasteiger partial charge in [-0.15, -0.1) is 0 Å². The number of rotatable bonds is 3. The third kappa shape index (κ3) is 2.56. The molecule has 0 bridgehead atoms. The molecule has 4 nitrogen and oxygen atoms in total. The molecule has 0 radical (unpaired) electrons. The molecule has 2 unspecified atom stereocenters. The smallest absolute Gasteiger partial charge is 0.0641 e. The van der Waals surface area contributed by atoms with Gasteiger partial charge in [0.2, 0.25) is 0 Å². The van der Waals surface area contributed by atoms with E-state index in [4.69, 9.17) is 5.73 Å². The minimum atomic E-state index is 0.494. The maximum absolute atomic E-state index is 6.09. The summed E-state index contributed by atoms with van der Waals surface area (Å²) >= 11 is 0. The normalized spacial score (nSPS) is 29.4. The minimum absolute atomic E-state index is 0.494. The first-order chi connectivity index (χ1) is 9.20. The molecule has 0 aromatic carbocycles. The SMILES string of the molecule is Cc1nn(C)cc1C1C(CN)CCCCN1C1CC1. The molecule has 19 heavy (non-hydrogen) atoms. The van der Waals surface area contributed by atoms with Crippen molar-refractivity contribution in [2.24, 2.45) is 18.7 Å². The van der Waals surface area contributed by atoms with Crippen LogP contribution in [0.15, 0.2) is 6.20 Å². The first kappa shape index (κ1) is 13.1. The van der Waals surface area contributed by atoms with Gasteiger partial charge in [0.25, 0.3) is 0 Å². The van der Waals surface area contributed by atoms with E-state index < -0.39 is 0 Å². The van der Waals surface area contributed by atoms with Crippen LogP contribution < -0.4 is 5.73 Å². The summed E-state index contributed by atoms with van der Waals surface area (Å²) in [6.07, 6.45) is 8.85. The van der Waals surface area contributed by atoms with Crippen molar-refractivity contribution in [1.82, 2.24) is 14.7 Å². The fraction of sp³-hybridized carbons (Fsp3) is 0.800. The Morgan fingerprint density at radius 1 is 1.32 bits per heavy atom. The lowest BCUT2D eigenvalue weighted by molar-refractivity contribution is 0.148. The molecule has 1 aromatic heterocycles. The van der Waals surface area contributed by atoms with Gasteiger partial charge in [-0.2, -0.15) is 5.10 Å². The Morgan fingerprint density at radius 2 is 2.11 bits per heavy atom. The molecule has 4 heteroatoms. The number of aromatic nitrogens is 2. The predicted octanol–water partition coefficient (Wildman–Crippen LogP) is 1.99. The van der Waals surface area contributed by atoms with Crippen molar-refractivity contribution < 1.29 is 0 Å². The highest BCUT2D eigenvalue weighted by Crippen LogP contribution is 2.42. The lowest BCUT2D eigenvalue weighted by Crippen LogP contribution is -2.37. The Hall–Kier alpha value is -0.870. The van der Waals surface area contributed by atoms with Crippen LogP contribution in [0.2, 0.25) is 0 Å². The summed E-state index contributed by atoms with van der Waals surface area (Å²) in [6, 6.07) is 1.30. The zero-order valence-corrected chi connectivity index (χ0v) is 12.2. The first-order valence-electron chi connectivity index (χ1n) is 7.66. The highest BCUT2D eigenvalue weighted by atomic mass is 15.3. The van der Waals surface area contributed by atoms with Gasteiger partial charge in [-0.1, -0.05) is 6.42 Å². The molecule has 1 saturated carbocycles. The third-order valence-corrected chi connectivity index (χ3v) is 4.73. The second-order valence-electron chi connectivity index (χ2n) is 6.25. The van der Waals surface area contributed by atoms with Gasteiger partial charge >= 0.3 is 0 Å². The van der Waals surface area contributed by atoms with Crippen LogP contribution in [-0.2, 0) is 7.05 Å². The summed E-state index contributed by atoms with van der Waals surface area (Å²) in [5, 5.41) is 4.55. The van der Waals surface area contributed by atoms with Gasteiger partial charge in [0.1, 0.15) is 0 Å². The monoisotopic (exact) mass is 262 g/mol. The third-order valence-electron chi connectivity index (χ3n) is 4.73. The Morgan fingerprint density at radius 3 is 2.68 bits per heavy atom. The standard InChI is InChI=1S/C15H26N4/c1-11-14(10-18(2)17-11)15-12(9-16)5-3-4-8-19(15)13-6-7-13/h10,12-13,15H,3-9,16H2,1-2H3. The molecular weight excluding hydrogens is 236 g/mol. The van der Waals surface area contributed by atoms with Gasteiger partial charge in [0, 0.05) is 30.9 Å². The van der Waals surface area contributed by atoms with Gasteiger partial charge in [-0.3, -0.25) is 9.58 Å². The van der Waals surface area contributed by atoms with Crippen molar-refractivity contribution in [3.63, 3.8) is 0 Å². The van der Waals surface area contributed by atoms with E-state index in [9.17, 15) is 0 Å². The second kappa shape index (κ2) is 5.25. The van der Waals surface area contributed by atoms with Crippen LogP contribution in [0, 0.1) is 12.8 Å². The fourth-order valence-corrected chi connectivity index (χ4v) is 3.67. The minimum Gasteiger partial charge on any atom is -0.330 e. The Labute approximate surface area is 116 Å². The van der Waals surface area contributed by atoms with Crippen molar-refractivity contribution in [3.8, 4) is 0 Å². The highest BCUT2D eigenvalue weighted by molar-refractivity contribution is 5.22. The molecule has 2 N–H and O–H groups in total. The zero-order chi connectivity index (χ0) is 13.4. The van der Waals surface area contributed by atoms with Crippen molar-refractivity contribution in [1.29, 1.82) is 0 Å². The maximum atomic E-state index is 6.09. The van der Waals surface area contributed by atoms with Crippen molar-refractivity contribution in [2.75, 3.05) is 13.1 Å². The molecule has 1 saturated heterocycles. The molecule has 1 aliphatic heterocycles. The Kier molecular flexibility index (Phi) is 3.63. The first-order valence-corrected chi connectivity index (χ1v) is 7.66. The molecule has 3 rings (SSSR count). The fourth-order valence-electron chi connectivity index (χ4n) is 3.67. The van der Waals surface area contributed by atoms with Gasteiger partial charge in [0.05, 0.1) is 5.69 Å². The molecule has 106 valence electrons. The van der Waals surface area contributed by atoms with Crippen LogP contribution in [0.1, 0.15) is 49.4 Å². The lowest BCUT2D eigenvalue weighted by atomic mass is 9.89. The molecular formula is C15H26N4. The van der Waals surface area contributed by atoms with Crippen molar-refractivity contribution >= 4 is 0 Å². The van der Waals surface area contributed by atoms with E-state index in [1.165, 1.54) is 49.9 Å². The Bertz CT molecular complexity index is 435. The van der Waals surface area contributed by atoms with E-state index >= 15 is 0 Å². The summed E-state index contributed by atoms with van der Waals surface area (Å²) in [5.74, 6) is 0.589. The van der Waals surface area contributed by atoms with Crippen LogP contribution in [-0.4, -0.2) is 33.8 Å². The second-order valence-corrected chi connectivity index (χ2v) is 6.25. The quantitative estimate of drug-likeness (QED) is 0.906. The summed E-state index contributed by atoms with van der Waals surface area (Å²) < 4.78 is 1.95. The van der Waals surface area contributed by atoms with E-state index in [-0.39, 0.29) is 0 Å². The number of aryl methyl sites for hydroxylation is 2. The van der Waals surface area contributed by atoms with Crippen molar-refractivity contribution in [2.45, 2.75) is 51.1 Å². The van der Waals surface area contributed by atoms with Crippen LogP contribution >= 0.6 is 0 Å². The van der Waals surface area contributed by atoms with E-state index in [0.29, 0.717) is 12.0 Å². The zero-order valence-electron chi connectivity index (χ0n) is 12.2. The summed E-state index contributed by atoms with van der Waals surface area (Å²) in [7, 11) is 2.02. The molecule has 1 aromatic rings. The van der Waals surface area contributed by atoms with Crippen LogP contribution in [0.5, 0.6) is 0 Å². The van der Waals surface area contributed by atoms with Gasteiger partial charge in [-0.25, -0.2) is 0 Å². The molecule has 2 heterocycles. The summed E-state index contributed by atoms with van der Waals surface area (Å²) in [4.78, 5) is 2.73. The van der Waals surface area contributed by atoms with Gasteiger partial charge < -0.3 is 5.73 Å².